The Kier molecular flexibility index (Phi) is 5.49. The van der Waals surface area contributed by atoms with E-state index in [0.29, 0.717) is 5.56 Å². The van der Waals surface area contributed by atoms with Crippen molar-refractivity contribution in [2.75, 3.05) is 11.9 Å². The highest BCUT2D eigenvalue weighted by molar-refractivity contribution is 6.10. The average molecular weight is 379 g/mol. The number of nitrogens with zero attached hydrogens (tertiary/aromatic N) is 1. The minimum atomic E-state index is -1.17. The van der Waals surface area contributed by atoms with Crippen LogP contribution in [0.4, 0.5) is 10.5 Å². The van der Waals surface area contributed by atoms with Gasteiger partial charge in [-0.3, -0.25) is 14.5 Å². The molecule has 1 saturated heterocycles. The Balaban J connectivity index is 1.78. The molecule has 0 bridgehead atoms. The summed E-state index contributed by atoms with van der Waals surface area (Å²) in [5, 5.41) is 5.62. The summed E-state index contributed by atoms with van der Waals surface area (Å²) in [6.45, 7) is 5.37. The lowest BCUT2D eigenvalue weighted by Gasteiger charge is -2.22. The van der Waals surface area contributed by atoms with E-state index in [4.69, 9.17) is 0 Å². The molecule has 2 N–H and O–H groups in total. The number of hydrogen-bond acceptors (Lipinski definition) is 3. The van der Waals surface area contributed by atoms with Gasteiger partial charge in [0.05, 0.1) is 0 Å². The van der Waals surface area contributed by atoms with Gasteiger partial charge in [-0.25, -0.2) is 4.79 Å². The van der Waals surface area contributed by atoms with Gasteiger partial charge in [-0.2, -0.15) is 0 Å². The van der Waals surface area contributed by atoms with E-state index in [1.807, 2.05) is 50.2 Å². The number of amides is 4. The molecule has 2 aromatic rings. The van der Waals surface area contributed by atoms with E-state index >= 15 is 0 Å². The summed E-state index contributed by atoms with van der Waals surface area (Å²) >= 11 is 0. The summed E-state index contributed by atoms with van der Waals surface area (Å²) in [6.07, 6.45) is 1.55. The van der Waals surface area contributed by atoms with Gasteiger partial charge in [-0.1, -0.05) is 62.4 Å². The Bertz CT molecular complexity index is 888. The van der Waals surface area contributed by atoms with Crippen molar-refractivity contribution in [3.8, 4) is 0 Å². The number of rotatable bonds is 6. The highest BCUT2D eigenvalue weighted by Crippen LogP contribution is 2.29. The molecule has 0 spiro atoms. The number of benzene rings is 2. The maximum absolute atomic E-state index is 12.9. The number of nitrogens with one attached hydrogen (secondary N) is 2. The van der Waals surface area contributed by atoms with Gasteiger partial charge in [-0.05, 0) is 36.5 Å². The molecule has 1 heterocycles. The van der Waals surface area contributed by atoms with Crippen LogP contribution in [0.25, 0.3) is 0 Å². The molecule has 1 aliphatic heterocycles. The molecule has 2 aromatic carbocycles. The van der Waals surface area contributed by atoms with Crippen LogP contribution in [0.2, 0.25) is 0 Å². The Morgan fingerprint density at radius 1 is 1.00 bits per heavy atom. The molecule has 6 heteroatoms. The lowest BCUT2D eigenvalue weighted by molar-refractivity contribution is -0.133. The van der Waals surface area contributed by atoms with Crippen LogP contribution in [0.5, 0.6) is 0 Å². The van der Waals surface area contributed by atoms with Crippen molar-refractivity contribution < 1.29 is 14.4 Å². The first-order valence-electron chi connectivity index (χ1n) is 9.51. The third-order valence-corrected chi connectivity index (χ3v) is 5.19. The standard InChI is InChI=1S/C22H25N3O3/c1-4-15-10-9-11-16(5-2)19(15)23-18(26)14-25-20(27)22(3,24-21(25)28)17-12-7-6-8-13-17/h6-13H,4-5,14H2,1-3H3,(H,23,26)(H,24,28)/t22-/m0/s1. The Hall–Kier alpha value is -3.15. The van der Waals surface area contributed by atoms with E-state index in [9.17, 15) is 14.4 Å². The SMILES string of the molecule is CCc1cccc(CC)c1NC(=O)CN1C(=O)N[C@@](C)(c2ccccc2)C1=O. The minimum Gasteiger partial charge on any atom is -0.324 e. The Morgan fingerprint density at radius 2 is 1.61 bits per heavy atom. The quantitative estimate of drug-likeness (QED) is 0.757. The molecule has 1 aliphatic rings. The first-order valence-corrected chi connectivity index (χ1v) is 9.51. The lowest BCUT2D eigenvalue weighted by Crippen LogP contribution is -2.42. The molecule has 0 aromatic heterocycles. The van der Waals surface area contributed by atoms with Crippen molar-refractivity contribution in [3.05, 3.63) is 65.2 Å². The number of para-hydroxylation sites is 1. The maximum atomic E-state index is 12.9. The first kappa shape index (κ1) is 19.6. The zero-order chi connectivity index (χ0) is 20.3. The van der Waals surface area contributed by atoms with Crippen LogP contribution in [-0.2, 0) is 28.0 Å². The van der Waals surface area contributed by atoms with Crippen molar-refractivity contribution in [1.82, 2.24) is 10.2 Å². The van der Waals surface area contributed by atoms with E-state index in [1.165, 1.54) is 0 Å². The molecular formula is C22H25N3O3. The molecular weight excluding hydrogens is 354 g/mol. The number of anilines is 1. The van der Waals surface area contributed by atoms with Gasteiger partial charge in [0, 0.05) is 5.69 Å². The highest BCUT2D eigenvalue weighted by atomic mass is 16.2. The zero-order valence-electron chi connectivity index (χ0n) is 16.4. The van der Waals surface area contributed by atoms with Crippen molar-refractivity contribution in [2.24, 2.45) is 0 Å². The number of carbonyl (C=O) groups is 3. The highest BCUT2D eigenvalue weighted by Gasteiger charge is 2.49. The molecule has 0 saturated carbocycles. The maximum Gasteiger partial charge on any atom is 0.325 e. The van der Waals surface area contributed by atoms with Crippen molar-refractivity contribution in [3.63, 3.8) is 0 Å². The van der Waals surface area contributed by atoms with Crippen LogP contribution in [0.15, 0.2) is 48.5 Å². The number of aryl methyl sites for hydroxylation is 2. The molecule has 1 atom stereocenters. The third-order valence-electron chi connectivity index (χ3n) is 5.19. The van der Waals surface area contributed by atoms with Crippen LogP contribution in [-0.4, -0.2) is 29.3 Å². The average Bonchev–Trinajstić information content (AvgIpc) is 2.92. The van der Waals surface area contributed by atoms with Crippen LogP contribution in [0.1, 0.15) is 37.5 Å². The predicted octanol–water partition coefficient (Wildman–Crippen LogP) is 3.22. The predicted molar refractivity (Wildman–Crippen MR) is 108 cm³/mol. The summed E-state index contributed by atoms with van der Waals surface area (Å²) < 4.78 is 0. The first-order chi connectivity index (χ1) is 13.4. The number of hydrogen-bond donors (Lipinski definition) is 2. The second-order valence-corrected chi connectivity index (χ2v) is 7.02. The second kappa shape index (κ2) is 7.84. The van der Waals surface area contributed by atoms with Crippen LogP contribution < -0.4 is 10.6 Å². The zero-order valence-corrected chi connectivity index (χ0v) is 16.4. The van der Waals surface area contributed by atoms with Gasteiger partial charge < -0.3 is 10.6 Å². The molecule has 146 valence electrons. The molecule has 1 fully saturated rings. The van der Waals surface area contributed by atoms with Gasteiger partial charge >= 0.3 is 6.03 Å². The molecule has 0 radical (unpaired) electrons. The summed E-state index contributed by atoms with van der Waals surface area (Å²) in [7, 11) is 0. The molecule has 6 nitrogen and oxygen atoms in total. The van der Waals surface area contributed by atoms with Gasteiger partial charge in [-0.15, -0.1) is 0 Å². The van der Waals surface area contributed by atoms with Crippen LogP contribution in [0, 0.1) is 0 Å². The number of urea groups is 1. The lowest BCUT2D eigenvalue weighted by atomic mass is 9.92. The van der Waals surface area contributed by atoms with Crippen LogP contribution in [0.3, 0.4) is 0 Å². The molecule has 0 aliphatic carbocycles. The second-order valence-electron chi connectivity index (χ2n) is 7.02. The summed E-state index contributed by atoms with van der Waals surface area (Å²) in [6, 6.07) is 14.4. The van der Waals surface area contributed by atoms with E-state index < -0.39 is 23.4 Å². The largest absolute Gasteiger partial charge is 0.325 e. The van der Waals surface area contributed by atoms with E-state index in [1.54, 1.807) is 19.1 Å². The smallest absolute Gasteiger partial charge is 0.324 e. The molecule has 4 amide bonds. The fourth-order valence-corrected chi connectivity index (χ4v) is 3.53. The fraction of sp³-hybridized carbons (Fsp3) is 0.318. The number of imide groups is 1. The van der Waals surface area contributed by atoms with Crippen molar-refractivity contribution in [1.29, 1.82) is 0 Å². The summed E-state index contributed by atoms with van der Waals surface area (Å²) in [5.41, 5.74) is 2.34. The van der Waals surface area contributed by atoms with E-state index in [-0.39, 0.29) is 6.54 Å². The van der Waals surface area contributed by atoms with Crippen molar-refractivity contribution in [2.45, 2.75) is 39.2 Å². The minimum absolute atomic E-state index is 0.325. The number of carbonyl (C=O) groups excluding carboxylic acids is 3. The van der Waals surface area contributed by atoms with E-state index in [0.717, 1.165) is 34.6 Å². The molecule has 28 heavy (non-hydrogen) atoms. The topological polar surface area (TPSA) is 78.5 Å². The third kappa shape index (κ3) is 3.50. The van der Waals surface area contributed by atoms with Gasteiger partial charge in [0.2, 0.25) is 5.91 Å². The molecule has 3 rings (SSSR count). The van der Waals surface area contributed by atoms with Gasteiger partial charge in [0.25, 0.3) is 5.91 Å². The Morgan fingerprint density at radius 3 is 2.18 bits per heavy atom. The molecule has 0 unspecified atom stereocenters. The van der Waals surface area contributed by atoms with Crippen LogP contribution >= 0.6 is 0 Å². The Labute approximate surface area is 164 Å². The summed E-state index contributed by atoms with van der Waals surface area (Å²) in [5.74, 6) is -0.824. The normalized spacial score (nSPS) is 18.9. The monoisotopic (exact) mass is 379 g/mol. The van der Waals surface area contributed by atoms with Gasteiger partial charge in [0.1, 0.15) is 12.1 Å². The van der Waals surface area contributed by atoms with Crippen molar-refractivity contribution >= 4 is 23.5 Å². The van der Waals surface area contributed by atoms with Gasteiger partial charge in [0.15, 0.2) is 0 Å². The van der Waals surface area contributed by atoms with E-state index in [2.05, 4.69) is 10.6 Å². The summed E-state index contributed by atoms with van der Waals surface area (Å²) in [4.78, 5) is 39.0. The fourth-order valence-electron chi connectivity index (χ4n) is 3.53.